The second-order valence-electron chi connectivity index (χ2n) is 19.9. The summed E-state index contributed by atoms with van der Waals surface area (Å²) >= 11 is 0. The van der Waals surface area contributed by atoms with Crippen molar-refractivity contribution in [1.82, 2.24) is 4.40 Å². The highest BCUT2D eigenvalue weighted by molar-refractivity contribution is 6.29. The van der Waals surface area contributed by atoms with Gasteiger partial charge >= 0.3 is 0 Å². The standard InChI is InChI=1S/C51H43N3/c1-51(2)38-8-4-6-28-5-3-7-35(43(28)38)36-21-37-46-39(19-33(22-52)41-29-11-24-9-25(12-29)16-31(15-24)44(41)46)54-40-20-34(23-53)42-30-13-26-10-27(14-30)18-32(17-26)45(42)47(40)48(49(36)51)50(37)54/h3-8,19-21,24-27,29-32H,9-18H2,1-2H3. The van der Waals surface area contributed by atoms with Crippen LogP contribution < -0.4 is 0 Å². The monoisotopic (exact) mass is 697 g/mol. The van der Waals surface area contributed by atoms with Crippen molar-refractivity contribution in [2.75, 3.05) is 0 Å². The lowest BCUT2D eigenvalue weighted by molar-refractivity contribution is 0.166. The fourth-order valence-corrected chi connectivity index (χ4v) is 15.7. The third kappa shape index (κ3) is 3.27. The highest BCUT2D eigenvalue weighted by Crippen LogP contribution is 2.64. The van der Waals surface area contributed by atoms with E-state index in [0.29, 0.717) is 23.7 Å². The third-order valence-electron chi connectivity index (χ3n) is 16.9. The molecule has 2 aromatic heterocycles. The number of rotatable bonds is 0. The van der Waals surface area contributed by atoms with E-state index < -0.39 is 0 Å². The number of nitrogens with zero attached hydrogens (tertiary/aromatic N) is 3. The molecule has 0 N–H and O–H groups in total. The maximum Gasteiger partial charge on any atom is 0.0995 e. The van der Waals surface area contributed by atoms with E-state index in [2.05, 4.69) is 85.0 Å². The van der Waals surface area contributed by atoms with Crippen molar-refractivity contribution < 1.29 is 0 Å². The number of nitriles is 2. The molecule has 5 aromatic carbocycles. The van der Waals surface area contributed by atoms with Crippen LogP contribution in [0.3, 0.4) is 0 Å². The Kier molecular flexibility index (Phi) is 5.19. The van der Waals surface area contributed by atoms with Gasteiger partial charge in [-0.05, 0) is 185 Å². The van der Waals surface area contributed by atoms with Gasteiger partial charge in [0.05, 0.1) is 39.8 Å². The van der Waals surface area contributed by atoms with E-state index >= 15 is 0 Å². The summed E-state index contributed by atoms with van der Waals surface area (Å²) in [7, 11) is 0. The topological polar surface area (TPSA) is 52.0 Å². The minimum atomic E-state index is -0.231. The molecule has 2 heterocycles. The normalized spacial score (nSPS) is 30.5. The molecule has 4 unspecified atom stereocenters. The van der Waals surface area contributed by atoms with Gasteiger partial charge in [-0.15, -0.1) is 0 Å². The van der Waals surface area contributed by atoms with Crippen LogP contribution in [0.4, 0.5) is 0 Å². The molecule has 0 saturated heterocycles. The third-order valence-corrected chi connectivity index (χ3v) is 16.9. The van der Waals surface area contributed by atoms with E-state index in [1.165, 1.54) is 158 Å². The van der Waals surface area contributed by atoms with Crippen LogP contribution in [-0.4, -0.2) is 4.40 Å². The van der Waals surface area contributed by atoms with Crippen LogP contribution >= 0.6 is 0 Å². The zero-order valence-corrected chi connectivity index (χ0v) is 31.2. The number of hydrogen-bond acceptors (Lipinski definition) is 2. The largest absolute Gasteiger partial charge is 0.308 e. The molecule has 7 aromatic rings. The summed E-state index contributed by atoms with van der Waals surface area (Å²) < 4.78 is 2.60. The Morgan fingerprint density at radius 3 is 1.65 bits per heavy atom. The van der Waals surface area contributed by atoms with Crippen molar-refractivity contribution in [1.29, 1.82) is 10.5 Å². The lowest BCUT2D eigenvalue weighted by Gasteiger charge is -2.38. The van der Waals surface area contributed by atoms with Gasteiger partial charge in [-0.25, -0.2) is 0 Å². The first-order valence-electron chi connectivity index (χ1n) is 21.2. The van der Waals surface area contributed by atoms with Crippen LogP contribution in [-0.2, 0) is 5.41 Å². The average Bonchev–Trinajstić information content (AvgIpc) is 3.53. The van der Waals surface area contributed by atoms with Gasteiger partial charge in [0.1, 0.15) is 0 Å². The van der Waals surface area contributed by atoms with E-state index in [0.717, 1.165) is 34.8 Å². The Hall–Kier alpha value is -4.86. The Labute approximate surface area is 315 Å². The Balaban J connectivity index is 1.26. The van der Waals surface area contributed by atoms with E-state index in [-0.39, 0.29) is 5.41 Å². The summed E-state index contributed by atoms with van der Waals surface area (Å²) in [5.41, 5.74) is 16.9. The Bertz CT molecular complexity index is 2980. The minimum Gasteiger partial charge on any atom is -0.308 e. The van der Waals surface area contributed by atoms with Gasteiger partial charge in [0.25, 0.3) is 0 Å². The zero-order chi connectivity index (χ0) is 35.5. The first-order chi connectivity index (χ1) is 26.4. The lowest BCUT2D eigenvalue weighted by Crippen LogP contribution is -2.25. The van der Waals surface area contributed by atoms with Gasteiger partial charge in [-0.3, -0.25) is 0 Å². The van der Waals surface area contributed by atoms with Crippen molar-refractivity contribution >= 4 is 48.9 Å². The quantitative estimate of drug-likeness (QED) is 0.158. The maximum absolute atomic E-state index is 11.1. The highest BCUT2D eigenvalue weighted by atomic mass is 14.9. The number of aromatic nitrogens is 1. The van der Waals surface area contributed by atoms with Crippen molar-refractivity contribution in [3.05, 3.63) is 99.1 Å². The van der Waals surface area contributed by atoms with Gasteiger partial charge in [-0.2, -0.15) is 10.5 Å². The maximum atomic E-state index is 11.1. The molecule has 4 fully saturated rings. The number of fused-ring (bicyclic) bond motifs is 9. The molecule has 0 aliphatic heterocycles. The predicted octanol–water partition coefficient (Wildman–Crippen LogP) is 12.8. The van der Waals surface area contributed by atoms with Gasteiger partial charge < -0.3 is 4.40 Å². The van der Waals surface area contributed by atoms with Crippen molar-refractivity contribution in [3.8, 4) is 23.3 Å². The van der Waals surface area contributed by atoms with Crippen molar-refractivity contribution in [2.24, 2.45) is 23.7 Å². The van der Waals surface area contributed by atoms with Crippen molar-refractivity contribution in [3.63, 3.8) is 0 Å². The van der Waals surface area contributed by atoms with Crippen LogP contribution in [0, 0.1) is 46.3 Å². The number of benzene rings is 5. The van der Waals surface area contributed by atoms with E-state index in [9.17, 15) is 10.5 Å². The molecule has 262 valence electrons. The smallest absolute Gasteiger partial charge is 0.0995 e. The second kappa shape index (κ2) is 9.50. The molecule has 16 rings (SSSR count). The first kappa shape index (κ1) is 29.5. The molecule has 3 nitrogen and oxygen atoms in total. The van der Waals surface area contributed by atoms with Gasteiger partial charge in [0, 0.05) is 27.0 Å². The second-order valence-corrected chi connectivity index (χ2v) is 19.9. The molecule has 9 aliphatic rings. The molecule has 8 bridgehead atoms. The van der Waals surface area contributed by atoms with Crippen LogP contribution in [0.15, 0.2) is 54.6 Å². The summed E-state index contributed by atoms with van der Waals surface area (Å²) in [6.45, 7) is 4.96. The molecule has 4 atom stereocenters. The highest BCUT2D eigenvalue weighted by Gasteiger charge is 2.48. The van der Waals surface area contributed by atoms with Crippen LogP contribution in [0.1, 0.15) is 146 Å². The molecule has 9 aliphatic carbocycles. The predicted molar refractivity (Wildman–Crippen MR) is 217 cm³/mol. The van der Waals surface area contributed by atoms with Crippen LogP contribution in [0.5, 0.6) is 0 Å². The number of hydrogen-bond donors (Lipinski definition) is 0. The lowest BCUT2D eigenvalue weighted by atomic mass is 9.66. The first-order valence-corrected chi connectivity index (χ1v) is 21.2. The van der Waals surface area contributed by atoms with Gasteiger partial charge in [0.2, 0.25) is 0 Å². The Morgan fingerprint density at radius 1 is 0.556 bits per heavy atom. The fraction of sp³-hybridized carbons (Fsp3) is 0.412. The fourth-order valence-electron chi connectivity index (χ4n) is 15.7. The molecule has 0 spiro atoms. The molecule has 3 heteroatoms. The minimum absolute atomic E-state index is 0.231. The van der Waals surface area contributed by atoms with Gasteiger partial charge in [-0.1, -0.05) is 50.2 Å². The van der Waals surface area contributed by atoms with Crippen LogP contribution in [0.2, 0.25) is 0 Å². The van der Waals surface area contributed by atoms with Crippen LogP contribution in [0.25, 0.3) is 60.0 Å². The summed E-state index contributed by atoms with van der Waals surface area (Å²) in [5.74, 6) is 5.09. The summed E-state index contributed by atoms with van der Waals surface area (Å²) in [5, 5.41) is 30.5. The summed E-state index contributed by atoms with van der Waals surface area (Å²) in [6.07, 6.45) is 12.8. The molecule has 4 saturated carbocycles. The van der Waals surface area contributed by atoms with E-state index in [4.69, 9.17) is 0 Å². The molecular formula is C51H43N3. The molecule has 54 heavy (non-hydrogen) atoms. The van der Waals surface area contributed by atoms with Crippen molar-refractivity contribution in [2.45, 2.75) is 107 Å². The Morgan fingerprint density at radius 2 is 1.07 bits per heavy atom. The zero-order valence-electron chi connectivity index (χ0n) is 31.2. The van der Waals surface area contributed by atoms with Gasteiger partial charge in [0.15, 0.2) is 0 Å². The molecule has 0 amide bonds. The average molecular weight is 698 g/mol. The van der Waals surface area contributed by atoms with E-state index in [1.54, 1.807) is 0 Å². The summed E-state index contributed by atoms with van der Waals surface area (Å²) in [6, 6.07) is 26.8. The van der Waals surface area contributed by atoms with E-state index in [1.807, 2.05) is 0 Å². The molecule has 0 radical (unpaired) electrons. The molecular weight excluding hydrogens is 655 g/mol. The SMILES string of the molecule is CC1(C)c2cccc3cccc(c23)-c2cc3c4c5c(c(C#N)cc4n4c6cc(C#N)c7c(c6c(c21)c34)C1CC2CC(CC7C2)C1)C1CC2CC(C1)CC5C2. The summed E-state index contributed by atoms with van der Waals surface area (Å²) in [4.78, 5) is 0.